The van der Waals surface area contributed by atoms with Gasteiger partial charge in [0.2, 0.25) is 0 Å². The predicted octanol–water partition coefficient (Wildman–Crippen LogP) is 11.0. The van der Waals surface area contributed by atoms with Crippen LogP contribution in [0.25, 0.3) is 22.3 Å². The average molecular weight is 602 g/mol. The fraction of sp³-hybridized carbons (Fsp3) is 0.474. The lowest BCUT2D eigenvalue weighted by molar-refractivity contribution is -0.137. The highest BCUT2D eigenvalue weighted by Gasteiger charge is 2.16. The highest BCUT2D eigenvalue weighted by Crippen LogP contribution is 2.35. The van der Waals surface area contributed by atoms with Crippen LogP contribution in [0.3, 0.4) is 0 Å². The third-order valence-electron chi connectivity index (χ3n) is 7.80. The van der Waals surface area contributed by atoms with Gasteiger partial charge in [0.1, 0.15) is 5.75 Å². The number of aryl methyl sites for hydroxylation is 3. The Hall–Kier alpha value is -3.18. The van der Waals surface area contributed by atoms with Gasteiger partial charge in [-0.2, -0.15) is 0 Å². The van der Waals surface area contributed by atoms with Gasteiger partial charge in [-0.15, -0.1) is 0 Å². The van der Waals surface area contributed by atoms with E-state index in [1.165, 1.54) is 48.8 Å². The van der Waals surface area contributed by atoms with E-state index in [0.29, 0.717) is 13.2 Å². The monoisotopic (exact) mass is 601 g/mol. The van der Waals surface area contributed by atoms with Gasteiger partial charge >= 0.3 is 5.97 Å². The summed E-state index contributed by atoms with van der Waals surface area (Å²) < 4.78 is 8.85. The molecule has 1 aromatic heterocycles. The van der Waals surface area contributed by atoms with Gasteiger partial charge in [0.25, 0.3) is 0 Å². The lowest BCUT2D eigenvalue weighted by atomic mass is 9.90. The second-order valence-electron chi connectivity index (χ2n) is 11.4. The number of rotatable bonds is 20. The second kappa shape index (κ2) is 19.2. The third-order valence-corrected chi connectivity index (χ3v) is 8.24. The van der Waals surface area contributed by atoms with E-state index in [0.717, 1.165) is 71.9 Å². The number of aliphatic carboxylic acids is 1. The molecule has 5 heteroatoms. The predicted molar refractivity (Wildman–Crippen MR) is 184 cm³/mol. The molecular formula is C38H51NO3S. The minimum Gasteiger partial charge on any atom is -0.494 e. The molecule has 232 valence electrons. The number of carboxylic acids is 1. The van der Waals surface area contributed by atoms with Gasteiger partial charge in [-0.25, -0.2) is 0 Å². The Labute approximate surface area is 264 Å². The summed E-state index contributed by atoms with van der Waals surface area (Å²) in [5, 5.41) is 9.39. The van der Waals surface area contributed by atoms with Crippen molar-refractivity contribution >= 4 is 18.2 Å². The minimum absolute atomic E-state index is 0.0558. The summed E-state index contributed by atoms with van der Waals surface area (Å²) >= 11 is 6.16. The Balaban J connectivity index is 1.77. The number of benzene rings is 2. The molecule has 0 aliphatic carbocycles. The fourth-order valence-corrected chi connectivity index (χ4v) is 5.86. The number of aromatic nitrogens is 1. The molecule has 1 heterocycles. The van der Waals surface area contributed by atoms with Crippen molar-refractivity contribution in [3.05, 3.63) is 82.6 Å². The molecule has 1 N–H and O–H groups in total. The maximum atomic E-state index is 11.4. The highest BCUT2D eigenvalue weighted by molar-refractivity contribution is 7.71. The van der Waals surface area contributed by atoms with E-state index < -0.39 is 5.97 Å². The fourth-order valence-electron chi connectivity index (χ4n) is 5.53. The molecule has 0 fully saturated rings. The largest absolute Gasteiger partial charge is 0.494 e. The number of unbranched alkanes of at least 4 members (excludes halogenated alkanes) is 6. The van der Waals surface area contributed by atoms with E-state index in [9.17, 15) is 9.90 Å². The summed E-state index contributed by atoms with van der Waals surface area (Å²) in [6.07, 6.45) is 22.5. The molecular weight excluding hydrogens is 550 g/mol. The molecule has 2 aromatic carbocycles. The van der Waals surface area contributed by atoms with E-state index in [4.69, 9.17) is 17.0 Å². The molecule has 0 aliphatic rings. The molecule has 0 aliphatic heterocycles. The summed E-state index contributed by atoms with van der Waals surface area (Å²) in [4.78, 5) is 11.4. The van der Waals surface area contributed by atoms with Gasteiger partial charge in [-0.3, -0.25) is 4.79 Å². The molecule has 0 unspecified atom stereocenters. The number of pyridine rings is 1. The van der Waals surface area contributed by atoms with Gasteiger partial charge in [0.15, 0.2) is 0 Å². The summed E-state index contributed by atoms with van der Waals surface area (Å²) in [6, 6.07) is 14.7. The van der Waals surface area contributed by atoms with E-state index in [1.54, 1.807) is 0 Å². The third kappa shape index (κ3) is 11.1. The Morgan fingerprint density at radius 1 is 0.814 bits per heavy atom. The zero-order valence-corrected chi connectivity index (χ0v) is 27.4. The van der Waals surface area contributed by atoms with Crippen LogP contribution in [0.4, 0.5) is 0 Å². The van der Waals surface area contributed by atoms with Crippen LogP contribution in [0, 0.1) is 4.51 Å². The maximum Gasteiger partial charge on any atom is 0.305 e. The molecule has 4 nitrogen and oxygen atoms in total. The molecule has 0 radical (unpaired) electrons. The van der Waals surface area contributed by atoms with Crippen LogP contribution >= 0.6 is 12.2 Å². The molecule has 0 saturated heterocycles. The number of ether oxygens (including phenoxy) is 1. The number of nitrogens with zero attached hydrogens (tertiary/aromatic N) is 1. The number of carboxylic acid groups (broad SMARTS) is 1. The lowest BCUT2D eigenvalue weighted by Gasteiger charge is -2.19. The van der Waals surface area contributed by atoms with Crippen LogP contribution in [0.15, 0.2) is 67.0 Å². The topological polar surface area (TPSA) is 51.5 Å². The van der Waals surface area contributed by atoms with Gasteiger partial charge in [-0.1, -0.05) is 108 Å². The number of carbonyl (C=O) groups is 1. The first-order valence-corrected chi connectivity index (χ1v) is 16.8. The summed E-state index contributed by atoms with van der Waals surface area (Å²) in [5.74, 6) is 0.0469. The Morgan fingerprint density at radius 3 is 2.05 bits per heavy atom. The summed E-state index contributed by atoms with van der Waals surface area (Å²) in [6.45, 7) is 7.74. The van der Waals surface area contributed by atoms with Crippen molar-refractivity contribution in [2.24, 2.45) is 0 Å². The maximum absolute atomic E-state index is 11.4. The van der Waals surface area contributed by atoms with E-state index >= 15 is 0 Å². The van der Waals surface area contributed by atoms with Gasteiger partial charge in [0.05, 0.1) is 17.5 Å². The second-order valence-corrected chi connectivity index (χ2v) is 11.8. The normalized spacial score (nSPS) is 11.3. The van der Waals surface area contributed by atoms with E-state index in [1.807, 2.05) is 22.9 Å². The highest BCUT2D eigenvalue weighted by atomic mass is 32.1. The first-order valence-electron chi connectivity index (χ1n) is 16.4. The van der Waals surface area contributed by atoms with Crippen molar-refractivity contribution in [2.75, 3.05) is 6.61 Å². The van der Waals surface area contributed by atoms with Crippen molar-refractivity contribution in [1.29, 1.82) is 0 Å². The SMILES string of the molecule is CCCCCC/C=C/CCCCOc1ccc(-c2cn(CCC(=O)O)cc(-c3c(CCC)cccc3CCC)c2=S)cc1. The molecule has 3 aromatic rings. The molecule has 0 bridgehead atoms. The molecule has 0 spiro atoms. The number of allylic oxidation sites excluding steroid dienone is 2. The smallest absolute Gasteiger partial charge is 0.305 e. The zero-order chi connectivity index (χ0) is 30.9. The first-order chi connectivity index (χ1) is 21.0. The van der Waals surface area contributed by atoms with E-state index in [2.05, 4.69) is 69.5 Å². The minimum atomic E-state index is -0.809. The summed E-state index contributed by atoms with van der Waals surface area (Å²) in [5.41, 5.74) is 6.78. The standard InChI is InChI=1S/C38H51NO3S/c1-4-7-8-9-10-11-12-13-14-15-27-42-33-23-21-30(22-24-33)34-28-39(26-25-36(40)41)29-35(38(34)43)37-31(17-5-2)19-16-20-32(37)18-6-3/h11-12,16,19-24,28-29H,4-10,13-15,17-18,25-27H2,1-3H3,(H,40,41)/b12-11+. The molecule has 0 amide bonds. The van der Waals surface area contributed by atoms with Crippen molar-refractivity contribution in [3.8, 4) is 28.0 Å². The summed E-state index contributed by atoms with van der Waals surface area (Å²) in [7, 11) is 0. The molecule has 3 rings (SSSR count). The van der Waals surface area contributed by atoms with Crippen LogP contribution in [0.2, 0.25) is 0 Å². The quantitative estimate of drug-likeness (QED) is 0.0795. The average Bonchev–Trinajstić information content (AvgIpc) is 3.00. The Morgan fingerprint density at radius 2 is 1.44 bits per heavy atom. The van der Waals surface area contributed by atoms with Crippen LogP contribution in [-0.4, -0.2) is 22.2 Å². The van der Waals surface area contributed by atoms with Crippen LogP contribution in [0.5, 0.6) is 5.75 Å². The van der Waals surface area contributed by atoms with Gasteiger partial charge in [-0.05, 0) is 79.3 Å². The van der Waals surface area contributed by atoms with Crippen LogP contribution in [-0.2, 0) is 24.2 Å². The zero-order valence-electron chi connectivity index (χ0n) is 26.6. The van der Waals surface area contributed by atoms with Crippen molar-refractivity contribution in [2.45, 2.75) is 111 Å². The Kier molecular flexibility index (Phi) is 15.3. The number of hydrogen-bond acceptors (Lipinski definition) is 3. The Bertz CT molecular complexity index is 1330. The lowest BCUT2D eigenvalue weighted by Crippen LogP contribution is -2.07. The van der Waals surface area contributed by atoms with Crippen molar-refractivity contribution in [1.82, 2.24) is 4.57 Å². The van der Waals surface area contributed by atoms with Crippen LogP contribution < -0.4 is 4.74 Å². The van der Waals surface area contributed by atoms with Crippen LogP contribution in [0.1, 0.15) is 103 Å². The van der Waals surface area contributed by atoms with E-state index in [-0.39, 0.29) is 6.42 Å². The molecule has 0 atom stereocenters. The van der Waals surface area contributed by atoms with Gasteiger partial charge < -0.3 is 14.4 Å². The van der Waals surface area contributed by atoms with Crippen molar-refractivity contribution < 1.29 is 14.6 Å². The van der Waals surface area contributed by atoms with Gasteiger partial charge in [0, 0.05) is 30.1 Å². The van der Waals surface area contributed by atoms with Crippen molar-refractivity contribution in [3.63, 3.8) is 0 Å². The molecule has 43 heavy (non-hydrogen) atoms. The molecule has 0 saturated carbocycles. The first kappa shape index (κ1) is 34.3. The number of hydrogen-bond donors (Lipinski definition) is 1.